The Bertz CT molecular complexity index is 360. The van der Waals surface area contributed by atoms with Crippen molar-refractivity contribution in [2.24, 2.45) is 0 Å². The van der Waals surface area contributed by atoms with Crippen LogP contribution in [0, 0.1) is 0 Å². The summed E-state index contributed by atoms with van der Waals surface area (Å²) in [6.45, 7) is 9.05. The average Bonchev–Trinajstić information content (AvgIpc) is 2.43. The van der Waals surface area contributed by atoms with Crippen molar-refractivity contribution in [3.05, 3.63) is 12.5 Å². The van der Waals surface area contributed by atoms with Gasteiger partial charge in [0, 0.05) is 0 Å². The molecule has 0 aliphatic carbocycles. The summed E-state index contributed by atoms with van der Waals surface area (Å²) in [6, 6.07) is -0.654. The summed E-state index contributed by atoms with van der Waals surface area (Å²) in [5.74, 6) is -0.387. The molecule has 1 fully saturated rings. The van der Waals surface area contributed by atoms with Crippen LogP contribution in [0.5, 0.6) is 0 Å². The number of carbonyl (C=O) groups is 2. The van der Waals surface area contributed by atoms with Gasteiger partial charge in [0.2, 0.25) is 5.91 Å². The van der Waals surface area contributed by atoms with Gasteiger partial charge < -0.3 is 15.2 Å². The van der Waals surface area contributed by atoms with Gasteiger partial charge in [-0.3, -0.25) is 14.5 Å². The molecule has 1 atom stereocenters. The summed E-state index contributed by atoms with van der Waals surface area (Å²) in [5, 5.41) is 11.6. The van der Waals surface area contributed by atoms with Crippen LogP contribution >= 0.6 is 0 Å². The molecule has 0 aromatic rings. The maximum Gasteiger partial charge on any atom is 0.252 e. The van der Waals surface area contributed by atoms with E-state index in [9.17, 15) is 9.59 Å². The number of nitrogens with one attached hydrogen (secondary N) is 1. The van der Waals surface area contributed by atoms with E-state index in [0.29, 0.717) is 0 Å². The number of nitrogens with zero attached hydrogens (tertiary/aromatic N) is 1. The highest BCUT2D eigenvalue weighted by Crippen LogP contribution is 2.16. The van der Waals surface area contributed by atoms with Crippen molar-refractivity contribution in [2.45, 2.75) is 38.8 Å². The lowest BCUT2D eigenvalue weighted by Crippen LogP contribution is -2.40. The van der Waals surface area contributed by atoms with E-state index >= 15 is 0 Å². The maximum atomic E-state index is 11.8. The Morgan fingerprint density at radius 2 is 2.17 bits per heavy atom. The molecule has 18 heavy (non-hydrogen) atoms. The van der Waals surface area contributed by atoms with Gasteiger partial charge in [0.15, 0.2) is 5.88 Å². The van der Waals surface area contributed by atoms with Crippen molar-refractivity contribution in [1.29, 1.82) is 0 Å². The smallest absolute Gasteiger partial charge is 0.252 e. The first-order chi connectivity index (χ1) is 8.24. The van der Waals surface area contributed by atoms with Crippen LogP contribution in [0.1, 0.15) is 27.2 Å². The second-order valence-electron chi connectivity index (χ2n) is 5.15. The summed E-state index contributed by atoms with van der Waals surface area (Å²) < 4.78 is 5.44. The van der Waals surface area contributed by atoms with Gasteiger partial charge in [-0.15, -0.1) is 0 Å². The molecule has 1 aliphatic heterocycles. The number of likely N-dealkylation sites (tertiary alicyclic amines) is 1. The normalized spacial score (nSPS) is 20.2. The van der Waals surface area contributed by atoms with Gasteiger partial charge in [0.1, 0.15) is 11.6 Å². The summed E-state index contributed by atoms with van der Waals surface area (Å²) in [6.07, 6.45) is 0.0609. The van der Waals surface area contributed by atoms with Crippen LogP contribution in [0.15, 0.2) is 12.5 Å². The zero-order chi connectivity index (χ0) is 13.9. The molecule has 0 saturated carbocycles. The molecule has 1 heterocycles. The average molecular weight is 256 g/mol. The van der Waals surface area contributed by atoms with E-state index in [1.807, 2.05) is 20.8 Å². The van der Waals surface area contributed by atoms with Gasteiger partial charge in [-0.1, -0.05) is 0 Å². The molecular weight excluding hydrogens is 236 g/mol. The highest BCUT2D eigenvalue weighted by Gasteiger charge is 2.38. The van der Waals surface area contributed by atoms with E-state index < -0.39 is 11.6 Å². The number of amides is 2. The number of β-amino-alcohol motifs (C(OH)–C–C–N with tert-alkyl or cyclic N) is 1. The second kappa shape index (κ2) is 5.39. The minimum atomic E-state index is -0.654. The Hall–Kier alpha value is -1.56. The number of hydrogen-bond acceptors (Lipinski definition) is 5. The van der Waals surface area contributed by atoms with Crippen LogP contribution in [0.4, 0.5) is 0 Å². The second-order valence-corrected chi connectivity index (χ2v) is 5.15. The van der Waals surface area contributed by atoms with Crippen LogP contribution in [0.3, 0.4) is 0 Å². The van der Waals surface area contributed by atoms with E-state index in [2.05, 4.69) is 11.9 Å². The fraction of sp³-hybridized carbons (Fsp3) is 0.667. The number of ether oxygens (including phenoxy) is 1. The van der Waals surface area contributed by atoms with Crippen molar-refractivity contribution in [3.63, 3.8) is 0 Å². The number of rotatable bonds is 5. The van der Waals surface area contributed by atoms with E-state index in [1.54, 1.807) is 0 Å². The summed E-state index contributed by atoms with van der Waals surface area (Å²) in [7, 11) is 0. The Balaban J connectivity index is 2.57. The topological polar surface area (TPSA) is 78.9 Å². The molecule has 1 rings (SSSR count). The van der Waals surface area contributed by atoms with Gasteiger partial charge >= 0.3 is 0 Å². The summed E-state index contributed by atoms with van der Waals surface area (Å²) in [4.78, 5) is 24.4. The largest absolute Gasteiger partial charge is 0.474 e. The molecular formula is C12H20N2O4. The third-order valence-electron chi connectivity index (χ3n) is 2.33. The quantitative estimate of drug-likeness (QED) is 0.534. The lowest BCUT2D eigenvalue weighted by atomic mass is 10.2. The first kappa shape index (κ1) is 14.5. The van der Waals surface area contributed by atoms with Gasteiger partial charge in [0.05, 0.1) is 19.6 Å². The standard InChI is InChI=1S/C12H20N2O4/c1-8(18-12(2,3)4)13-9-7-10(16)14(5-6-15)11(9)17/h9,13,15H,1,5-7H2,2-4H3/t9-/m0/s1. The minimum Gasteiger partial charge on any atom is -0.474 e. The minimum absolute atomic E-state index is 0.0302. The molecule has 0 spiro atoms. The Morgan fingerprint density at radius 1 is 1.56 bits per heavy atom. The van der Waals surface area contributed by atoms with Crippen molar-refractivity contribution in [2.75, 3.05) is 13.2 Å². The van der Waals surface area contributed by atoms with Crippen molar-refractivity contribution >= 4 is 11.8 Å². The Kier molecular flexibility index (Phi) is 4.34. The molecule has 2 amide bonds. The SMILES string of the molecule is C=C(N[C@H]1CC(=O)N(CCO)C1=O)OC(C)(C)C. The number of carbonyl (C=O) groups excluding carboxylic acids is 2. The van der Waals surface area contributed by atoms with E-state index in [-0.39, 0.29) is 37.3 Å². The summed E-state index contributed by atoms with van der Waals surface area (Å²) >= 11 is 0. The number of aliphatic hydroxyl groups is 1. The fourth-order valence-electron chi connectivity index (χ4n) is 1.72. The van der Waals surface area contributed by atoms with Gasteiger partial charge in [-0.05, 0) is 27.4 Å². The monoisotopic (exact) mass is 256 g/mol. The third kappa shape index (κ3) is 3.73. The molecule has 0 aromatic heterocycles. The predicted octanol–water partition coefficient (Wildman–Crippen LogP) is -0.0179. The highest BCUT2D eigenvalue weighted by atomic mass is 16.5. The molecule has 102 valence electrons. The van der Waals surface area contributed by atoms with Crippen LogP contribution in [-0.2, 0) is 14.3 Å². The lowest BCUT2D eigenvalue weighted by molar-refractivity contribution is -0.139. The van der Waals surface area contributed by atoms with E-state index in [4.69, 9.17) is 9.84 Å². The molecule has 2 N–H and O–H groups in total. The Labute approximate surface area is 107 Å². The van der Waals surface area contributed by atoms with Crippen LogP contribution in [0.25, 0.3) is 0 Å². The third-order valence-corrected chi connectivity index (χ3v) is 2.33. The fourth-order valence-corrected chi connectivity index (χ4v) is 1.72. The first-order valence-corrected chi connectivity index (χ1v) is 5.84. The van der Waals surface area contributed by atoms with Gasteiger partial charge in [0.25, 0.3) is 5.91 Å². The van der Waals surface area contributed by atoms with Crippen LogP contribution in [-0.4, -0.2) is 46.6 Å². The molecule has 6 nitrogen and oxygen atoms in total. The molecule has 0 radical (unpaired) electrons. The van der Waals surface area contributed by atoms with Crippen LogP contribution < -0.4 is 5.32 Å². The van der Waals surface area contributed by atoms with Crippen molar-refractivity contribution < 1.29 is 19.4 Å². The van der Waals surface area contributed by atoms with E-state index in [0.717, 1.165) is 4.90 Å². The van der Waals surface area contributed by atoms with E-state index in [1.165, 1.54) is 0 Å². The molecule has 0 bridgehead atoms. The maximum absolute atomic E-state index is 11.8. The van der Waals surface area contributed by atoms with Gasteiger partial charge in [-0.2, -0.15) is 0 Å². The number of hydrogen-bond donors (Lipinski definition) is 2. The highest BCUT2D eigenvalue weighted by molar-refractivity contribution is 6.05. The zero-order valence-corrected chi connectivity index (χ0v) is 11.0. The Morgan fingerprint density at radius 3 is 2.67 bits per heavy atom. The predicted molar refractivity (Wildman–Crippen MR) is 65.3 cm³/mol. The zero-order valence-electron chi connectivity index (χ0n) is 11.0. The molecule has 1 saturated heterocycles. The molecule has 0 aromatic carbocycles. The molecule has 1 aliphatic rings. The van der Waals surface area contributed by atoms with Gasteiger partial charge in [-0.25, -0.2) is 0 Å². The molecule has 6 heteroatoms. The lowest BCUT2D eigenvalue weighted by Gasteiger charge is -2.24. The number of aliphatic hydroxyl groups excluding tert-OH is 1. The van der Waals surface area contributed by atoms with Crippen molar-refractivity contribution in [1.82, 2.24) is 10.2 Å². The summed E-state index contributed by atoms with van der Waals surface area (Å²) in [5.41, 5.74) is -0.416. The number of imide groups is 1. The van der Waals surface area contributed by atoms with Crippen LogP contribution in [0.2, 0.25) is 0 Å². The first-order valence-electron chi connectivity index (χ1n) is 5.84. The van der Waals surface area contributed by atoms with Crippen molar-refractivity contribution in [3.8, 4) is 0 Å². The molecule has 0 unspecified atom stereocenters.